The number of hydrogen-bond acceptors (Lipinski definition) is 2. The van der Waals surface area contributed by atoms with Gasteiger partial charge in [0.05, 0.1) is 0 Å². The average molecular weight is 228 g/mol. The molecule has 3 heteroatoms. The fourth-order valence-corrected chi connectivity index (χ4v) is 1.59. The Morgan fingerprint density at radius 1 is 1.27 bits per heavy atom. The van der Waals surface area contributed by atoms with Gasteiger partial charge in [0.15, 0.2) is 5.79 Å². The molecule has 0 amide bonds. The molecule has 0 aliphatic rings. The minimum absolute atomic E-state index is 0.538. The Morgan fingerprint density at radius 3 is 2.33 bits per heavy atom. The quantitative estimate of drug-likeness (QED) is 0.718. The summed E-state index contributed by atoms with van der Waals surface area (Å²) in [4.78, 5) is 0. The lowest BCUT2D eigenvalue weighted by Crippen LogP contribution is -2.30. The molecule has 0 bridgehead atoms. The van der Waals surface area contributed by atoms with Crippen molar-refractivity contribution in [1.82, 2.24) is 0 Å². The molecule has 1 radical (unpaired) electrons. The Kier molecular flexibility index (Phi) is 4.58. The van der Waals surface area contributed by atoms with Gasteiger partial charge in [0, 0.05) is 30.7 Å². The van der Waals surface area contributed by atoms with E-state index in [1.54, 1.807) is 6.07 Å². The summed E-state index contributed by atoms with van der Waals surface area (Å²) in [5.41, 5.74) is 0.832. The van der Waals surface area contributed by atoms with E-state index < -0.39 is 5.79 Å². The molecule has 0 saturated carbocycles. The number of rotatable bonds is 5. The Morgan fingerprint density at radius 2 is 1.87 bits per heavy atom. The molecule has 1 rings (SSSR count). The van der Waals surface area contributed by atoms with E-state index in [2.05, 4.69) is 6.92 Å². The molecule has 0 fully saturated rings. The zero-order valence-corrected chi connectivity index (χ0v) is 9.88. The van der Waals surface area contributed by atoms with Gasteiger partial charge in [-0.1, -0.05) is 23.7 Å². The Bertz CT molecular complexity index is 306. The van der Waals surface area contributed by atoms with Crippen molar-refractivity contribution in [3.8, 4) is 0 Å². The summed E-state index contributed by atoms with van der Waals surface area (Å²) in [5, 5.41) is 0.653. The summed E-state index contributed by atoms with van der Waals surface area (Å²) < 4.78 is 11.0. The first-order chi connectivity index (χ1) is 7.12. The molecule has 0 aromatic heterocycles. The first-order valence-corrected chi connectivity index (χ1v) is 5.39. The fourth-order valence-electron chi connectivity index (χ4n) is 1.40. The van der Waals surface area contributed by atoms with Gasteiger partial charge in [0.25, 0.3) is 0 Å². The van der Waals surface area contributed by atoms with Crippen molar-refractivity contribution in [2.75, 3.05) is 13.2 Å². The van der Waals surface area contributed by atoms with Crippen LogP contribution in [0.25, 0.3) is 0 Å². The first kappa shape index (κ1) is 12.5. The second-order valence-corrected chi connectivity index (χ2v) is 3.57. The molecule has 0 N–H and O–H groups in total. The highest BCUT2D eigenvalue weighted by Gasteiger charge is 2.27. The topological polar surface area (TPSA) is 18.5 Å². The summed E-state index contributed by atoms with van der Waals surface area (Å²) in [6.45, 7) is 8.85. The normalized spacial score (nSPS) is 11.7. The number of halogens is 1. The predicted octanol–water partition coefficient (Wildman–Crippen LogP) is 3.40. The van der Waals surface area contributed by atoms with E-state index in [0.717, 1.165) is 5.56 Å². The Labute approximate surface area is 96.2 Å². The van der Waals surface area contributed by atoms with Crippen molar-refractivity contribution in [2.24, 2.45) is 0 Å². The van der Waals surface area contributed by atoms with Crippen LogP contribution in [0.2, 0.25) is 5.02 Å². The van der Waals surface area contributed by atoms with E-state index in [1.165, 1.54) is 0 Å². The fraction of sp³-hybridized carbons (Fsp3) is 0.417. The molecular formula is C12H16ClO2. The van der Waals surface area contributed by atoms with Crippen LogP contribution in [-0.2, 0) is 15.3 Å². The van der Waals surface area contributed by atoms with Gasteiger partial charge in [-0.2, -0.15) is 0 Å². The maximum atomic E-state index is 5.91. The van der Waals surface area contributed by atoms with Gasteiger partial charge in [-0.05, 0) is 26.0 Å². The number of ether oxygens (including phenoxy) is 2. The van der Waals surface area contributed by atoms with Crippen molar-refractivity contribution in [2.45, 2.75) is 19.6 Å². The van der Waals surface area contributed by atoms with Crippen molar-refractivity contribution >= 4 is 11.6 Å². The molecule has 0 spiro atoms. The molecule has 1 aromatic carbocycles. The van der Waals surface area contributed by atoms with E-state index in [1.807, 2.05) is 32.0 Å². The van der Waals surface area contributed by atoms with Gasteiger partial charge in [0.2, 0.25) is 0 Å². The maximum absolute atomic E-state index is 5.91. The lowest BCUT2D eigenvalue weighted by molar-refractivity contribution is -0.210. The minimum atomic E-state index is -0.950. The molecule has 83 valence electrons. The third-order valence-electron chi connectivity index (χ3n) is 2.02. The third-order valence-corrected chi connectivity index (χ3v) is 2.25. The smallest absolute Gasteiger partial charge is 0.195 e. The second kappa shape index (κ2) is 5.50. The largest absolute Gasteiger partial charge is 0.346 e. The molecule has 0 heterocycles. The summed E-state index contributed by atoms with van der Waals surface area (Å²) in [5.74, 6) is -0.950. The van der Waals surface area contributed by atoms with Gasteiger partial charge < -0.3 is 9.47 Å². The molecule has 2 nitrogen and oxygen atoms in total. The van der Waals surface area contributed by atoms with Crippen LogP contribution in [0.3, 0.4) is 0 Å². The summed E-state index contributed by atoms with van der Waals surface area (Å²) in [7, 11) is 0. The highest BCUT2D eigenvalue weighted by Crippen LogP contribution is 2.28. The second-order valence-electron chi connectivity index (χ2n) is 3.13. The van der Waals surface area contributed by atoms with Crippen molar-refractivity contribution in [3.05, 3.63) is 41.8 Å². The molecule has 0 aliphatic heterocycles. The van der Waals surface area contributed by atoms with Crippen LogP contribution in [0, 0.1) is 6.92 Å². The Balaban J connectivity index is 2.97. The molecule has 0 unspecified atom stereocenters. The van der Waals surface area contributed by atoms with Crippen LogP contribution < -0.4 is 0 Å². The van der Waals surface area contributed by atoms with E-state index in [-0.39, 0.29) is 0 Å². The van der Waals surface area contributed by atoms with E-state index in [0.29, 0.717) is 18.2 Å². The zero-order chi connectivity index (χ0) is 11.3. The average Bonchev–Trinajstić information content (AvgIpc) is 2.18. The molecular weight excluding hydrogens is 212 g/mol. The third kappa shape index (κ3) is 3.20. The molecule has 1 aromatic rings. The highest BCUT2D eigenvalue weighted by atomic mass is 35.5. The summed E-state index contributed by atoms with van der Waals surface area (Å²) >= 11 is 5.91. The van der Waals surface area contributed by atoms with Crippen LogP contribution in [0.5, 0.6) is 0 Å². The van der Waals surface area contributed by atoms with E-state index in [4.69, 9.17) is 21.1 Å². The van der Waals surface area contributed by atoms with Crippen molar-refractivity contribution < 1.29 is 9.47 Å². The van der Waals surface area contributed by atoms with Crippen LogP contribution >= 0.6 is 11.6 Å². The SMILES string of the molecule is [CH2]C(OCC)(OCC)c1cccc(Cl)c1. The standard InChI is InChI=1S/C12H16ClO2/c1-4-14-12(3,15-5-2)10-7-6-8-11(13)9-10/h6-9H,3-5H2,1-2H3. The van der Waals surface area contributed by atoms with Crippen molar-refractivity contribution in [1.29, 1.82) is 0 Å². The monoisotopic (exact) mass is 227 g/mol. The van der Waals surface area contributed by atoms with Crippen LogP contribution in [0.4, 0.5) is 0 Å². The van der Waals surface area contributed by atoms with Crippen LogP contribution in [0.1, 0.15) is 19.4 Å². The molecule has 0 aliphatic carbocycles. The molecule has 0 atom stereocenters. The van der Waals surface area contributed by atoms with Gasteiger partial charge in [0.1, 0.15) is 0 Å². The number of hydrogen-bond donors (Lipinski definition) is 0. The highest BCUT2D eigenvalue weighted by molar-refractivity contribution is 6.30. The summed E-state index contributed by atoms with van der Waals surface area (Å²) in [6, 6.07) is 7.36. The maximum Gasteiger partial charge on any atom is 0.195 e. The first-order valence-electron chi connectivity index (χ1n) is 5.01. The van der Waals surface area contributed by atoms with E-state index in [9.17, 15) is 0 Å². The lowest BCUT2D eigenvalue weighted by atomic mass is 10.1. The predicted molar refractivity (Wildman–Crippen MR) is 61.7 cm³/mol. The van der Waals surface area contributed by atoms with Crippen LogP contribution in [-0.4, -0.2) is 13.2 Å². The van der Waals surface area contributed by atoms with Crippen LogP contribution in [0.15, 0.2) is 24.3 Å². The number of benzene rings is 1. The summed E-state index contributed by atoms with van der Waals surface area (Å²) in [6.07, 6.45) is 0. The van der Waals surface area contributed by atoms with Gasteiger partial charge in [-0.3, -0.25) is 0 Å². The van der Waals surface area contributed by atoms with Gasteiger partial charge in [-0.15, -0.1) is 0 Å². The van der Waals surface area contributed by atoms with Gasteiger partial charge in [-0.25, -0.2) is 0 Å². The van der Waals surface area contributed by atoms with E-state index >= 15 is 0 Å². The van der Waals surface area contributed by atoms with Gasteiger partial charge >= 0.3 is 0 Å². The zero-order valence-electron chi connectivity index (χ0n) is 9.13. The minimum Gasteiger partial charge on any atom is -0.346 e. The van der Waals surface area contributed by atoms with Crippen molar-refractivity contribution in [3.63, 3.8) is 0 Å². The Hall–Kier alpha value is -0.570. The molecule has 15 heavy (non-hydrogen) atoms. The lowest BCUT2D eigenvalue weighted by Gasteiger charge is -2.29. The molecule has 0 saturated heterocycles.